The number of pyridine rings is 2. The van der Waals surface area contributed by atoms with Crippen LogP contribution in [-0.2, 0) is 11.3 Å². The quantitative estimate of drug-likeness (QED) is 0.584. The fourth-order valence-electron chi connectivity index (χ4n) is 5.49. The predicted octanol–water partition coefficient (Wildman–Crippen LogP) is 4.05. The van der Waals surface area contributed by atoms with Crippen LogP contribution >= 0.6 is 11.3 Å². The van der Waals surface area contributed by atoms with Crippen molar-refractivity contribution in [1.82, 2.24) is 20.2 Å². The van der Waals surface area contributed by atoms with E-state index in [9.17, 15) is 10.1 Å². The Balaban J connectivity index is 1.38. The van der Waals surface area contributed by atoms with Crippen LogP contribution in [0.4, 0.5) is 5.69 Å². The number of hydrogen-bond donors (Lipinski definition) is 2. The molecule has 1 aliphatic carbocycles. The van der Waals surface area contributed by atoms with E-state index in [0.717, 1.165) is 56.4 Å². The van der Waals surface area contributed by atoms with E-state index in [1.807, 2.05) is 24.0 Å². The number of hydrogen-bond acceptors (Lipinski definition) is 7. The van der Waals surface area contributed by atoms with Crippen LogP contribution in [0.1, 0.15) is 30.0 Å². The molecule has 0 radical (unpaired) electrons. The molecule has 3 fully saturated rings. The van der Waals surface area contributed by atoms with Gasteiger partial charge in [-0.1, -0.05) is 20.4 Å². The molecule has 3 aromatic heterocycles. The van der Waals surface area contributed by atoms with Crippen molar-refractivity contribution < 1.29 is 4.79 Å². The number of allylic oxidation sites excluding steroid dienone is 1. The van der Waals surface area contributed by atoms with Crippen LogP contribution in [0.5, 0.6) is 0 Å². The van der Waals surface area contributed by atoms with E-state index in [-0.39, 0.29) is 23.2 Å². The average Bonchev–Trinajstić information content (AvgIpc) is 3.03. The fraction of sp³-hybridized carbons (Fsp3) is 0.385. The molecule has 2 N–H and O–H groups in total. The van der Waals surface area contributed by atoms with Gasteiger partial charge in [0, 0.05) is 41.3 Å². The van der Waals surface area contributed by atoms with Crippen LogP contribution in [-0.4, -0.2) is 39.9 Å². The summed E-state index contributed by atoms with van der Waals surface area (Å²) in [6, 6.07) is 8.39. The number of carbonyl (C=O) groups is 1. The second-order valence-corrected chi connectivity index (χ2v) is 11.3. The highest BCUT2D eigenvalue weighted by Crippen LogP contribution is 2.66. The first-order valence-electron chi connectivity index (χ1n) is 11.6. The number of nitriles is 1. The largest absolute Gasteiger partial charge is 0.378 e. The highest BCUT2D eigenvalue weighted by atomic mass is 32.1. The molecule has 1 amide bonds. The molecule has 2 saturated heterocycles. The van der Waals surface area contributed by atoms with E-state index < -0.39 is 0 Å². The van der Waals surface area contributed by atoms with Crippen molar-refractivity contribution >= 4 is 33.1 Å². The SMILES string of the molecule is C=C1C2C(C(=O)N1Cc1cc3nccc(-c4nc(C#N)cc(C)c4NC4CNC4)c3s1)C2(C)C. The number of likely N-dealkylation sites (tertiary alicyclic amines) is 1. The Bertz CT molecular complexity index is 1390. The summed E-state index contributed by atoms with van der Waals surface area (Å²) < 4.78 is 1.01. The van der Waals surface area contributed by atoms with Crippen molar-refractivity contribution in [2.75, 3.05) is 18.4 Å². The third kappa shape index (κ3) is 3.07. The summed E-state index contributed by atoms with van der Waals surface area (Å²) in [5.74, 6) is 0.516. The zero-order valence-electron chi connectivity index (χ0n) is 19.5. The van der Waals surface area contributed by atoms with Crippen LogP contribution in [0, 0.1) is 35.5 Å². The van der Waals surface area contributed by atoms with Crippen LogP contribution in [0.2, 0.25) is 0 Å². The first-order chi connectivity index (χ1) is 16.3. The fourth-order valence-corrected chi connectivity index (χ4v) is 6.60. The van der Waals surface area contributed by atoms with Crippen molar-refractivity contribution in [2.24, 2.45) is 17.3 Å². The average molecular weight is 471 g/mol. The van der Waals surface area contributed by atoms with Gasteiger partial charge in [0.05, 0.1) is 40.1 Å². The van der Waals surface area contributed by atoms with E-state index in [0.29, 0.717) is 18.3 Å². The number of anilines is 1. The first kappa shape index (κ1) is 21.3. The molecule has 3 aliphatic rings. The lowest BCUT2D eigenvalue weighted by atomic mass is 10.0. The first-order valence-corrected chi connectivity index (χ1v) is 12.4. The Morgan fingerprint density at radius 3 is 2.79 bits per heavy atom. The number of amides is 1. The molecular weight excluding hydrogens is 444 g/mol. The van der Waals surface area contributed by atoms with Gasteiger partial charge in [0.1, 0.15) is 11.8 Å². The molecule has 172 valence electrons. The van der Waals surface area contributed by atoms with Crippen molar-refractivity contribution in [2.45, 2.75) is 33.4 Å². The zero-order chi connectivity index (χ0) is 23.8. The molecule has 6 rings (SSSR count). The highest BCUT2D eigenvalue weighted by Gasteiger charge is 2.69. The number of aryl methyl sites for hydroxylation is 1. The van der Waals surface area contributed by atoms with Crippen molar-refractivity contribution in [3.05, 3.63) is 52.8 Å². The maximum atomic E-state index is 13.0. The van der Waals surface area contributed by atoms with Crippen LogP contribution in [0.15, 0.2) is 36.7 Å². The molecule has 2 atom stereocenters. The van der Waals surface area contributed by atoms with Gasteiger partial charge in [-0.2, -0.15) is 5.26 Å². The maximum Gasteiger partial charge on any atom is 0.231 e. The Hall–Kier alpha value is -3.28. The summed E-state index contributed by atoms with van der Waals surface area (Å²) in [5, 5.41) is 16.4. The number of thiophene rings is 1. The highest BCUT2D eigenvalue weighted by molar-refractivity contribution is 7.19. The number of carbonyl (C=O) groups excluding carboxylic acids is 1. The van der Waals surface area contributed by atoms with Crippen molar-refractivity contribution in [3.8, 4) is 17.3 Å². The number of fused-ring (bicyclic) bond motifs is 2. The minimum Gasteiger partial charge on any atom is -0.378 e. The zero-order valence-corrected chi connectivity index (χ0v) is 20.3. The van der Waals surface area contributed by atoms with Crippen LogP contribution in [0.3, 0.4) is 0 Å². The molecule has 0 bridgehead atoms. The number of nitrogens with zero attached hydrogens (tertiary/aromatic N) is 4. The van der Waals surface area contributed by atoms with Gasteiger partial charge in [-0.05, 0) is 36.1 Å². The number of nitrogens with one attached hydrogen (secondary N) is 2. The summed E-state index contributed by atoms with van der Waals surface area (Å²) in [4.78, 5) is 25.2. The smallest absolute Gasteiger partial charge is 0.231 e. The molecule has 0 aromatic carbocycles. The third-order valence-corrected chi connectivity index (χ3v) is 8.70. The van der Waals surface area contributed by atoms with Gasteiger partial charge in [-0.25, -0.2) is 4.98 Å². The summed E-state index contributed by atoms with van der Waals surface area (Å²) in [7, 11) is 0. The minimum atomic E-state index is 0.0359. The lowest BCUT2D eigenvalue weighted by molar-refractivity contribution is -0.130. The van der Waals surface area contributed by atoms with E-state index in [4.69, 9.17) is 4.98 Å². The molecule has 3 aromatic rings. The van der Waals surface area contributed by atoms with Crippen LogP contribution < -0.4 is 10.6 Å². The minimum absolute atomic E-state index is 0.0359. The molecule has 34 heavy (non-hydrogen) atoms. The summed E-state index contributed by atoms with van der Waals surface area (Å²) in [5.41, 5.74) is 5.92. The van der Waals surface area contributed by atoms with E-state index >= 15 is 0 Å². The summed E-state index contributed by atoms with van der Waals surface area (Å²) in [6.45, 7) is 12.9. The summed E-state index contributed by atoms with van der Waals surface area (Å²) >= 11 is 1.63. The van der Waals surface area contributed by atoms with Gasteiger partial charge in [0.15, 0.2) is 0 Å². The van der Waals surface area contributed by atoms with Crippen LogP contribution in [0.25, 0.3) is 21.5 Å². The molecule has 7 nitrogen and oxygen atoms in total. The molecule has 2 unspecified atom stereocenters. The van der Waals surface area contributed by atoms with Crippen molar-refractivity contribution in [1.29, 1.82) is 5.26 Å². The molecular formula is C26H26N6OS. The monoisotopic (exact) mass is 470 g/mol. The second-order valence-electron chi connectivity index (χ2n) is 10.1. The Kier molecular flexibility index (Phi) is 4.60. The number of aromatic nitrogens is 2. The van der Waals surface area contributed by atoms with E-state index in [1.165, 1.54) is 0 Å². The Morgan fingerprint density at radius 2 is 2.15 bits per heavy atom. The summed E-state index contributed by atoms with van der Waals surface area (Å²) in [6.07, 6.45) is 1.79. The lowest BCUT2D eigenvalue weighted by Gasteiger charge is -2.30. The molecule has 0 spiro atoms. The van der Waals surface area contributed by atoms with E-state index in [1.54, 1.807) is 17.5 Å². The number of rotatable bonds is 5. The Morgan fingerprint density at radius 1 is 1.35 bits per heavy atom. The second kappa shape index (κ2) is 7.36. The normalized spacial score (nSPS) is 23.1. The van der Waals surface area contributed by atoms with E-state index in [2.05, 4.69) is 48.2 Å². The molecule has 5 heterocycles. The molecule has 2 aliphatic heterocycles. The molecule has 8 heteroatoms. The van der Waals surface area contributed by atoms with Gasteiger partial charge >= 0.3 is 0 Å². The van der Waals surface area contributed by atoms with Gasteiger partial charge < -0.3 is 15.5 Å². The molecule has 1 saturated carbocycles. The standard InChI is InChI=1S/C26H26N6OS/c1-13-7-15(9-27)30-23(22(13)31-16-10-28-11-16)18-5-6-29-19-8-17(34-24(18)19)12-32-14(2)20-21(25(32)33)26(20,3)4/h5-8,16,20-21,28,31H,2,10-12H2,1,3-4H3. The van der Waals surface area contributed by atoms with Gasteiger partial charge in [-0.15, -0.1) is 11.3 Å². The van der Waals surface area contributed by atoms with Gasteiger partial charge in [0.2, 0.25) is 5.91 Å². The third-order valence-electron chi connectivity index (χ3n) is 7.56. The maximum absolute atomic E-state index is 13.0. The Labute approximate surface area is 202 Å². The van der Waals surface area contributed by atoms with Gasteiger partial charge in [-0.3, -0.25) is 9.78 Å². The van der Waals surface area contributed by atoms with Gasteiger partial charge in [0.25, 0.3) is 0 Å². The predicted molar refractivity (Wildman–Crippen MR) is 133 cm³/mol. The topological polar surface area (TPSA) is 93.9 Å². The lowest BCUT2D eigenvalue weighted by Crippen LogP contribution is -2.51. The number of piperidine rings is 1. The van der Waals surface area contributed by atoms with Crippen molar-refractivity contribution in [3.63, 3.8) is 0 Å².